The number of Topliss-reactive ketones (excluding diaryl/α,β-unsaturated/α-hetero) is 1. The molecule has 2 aromatic carbocycles. The molecule has 2 N–H and O–H groups in total. The minimum atomic E-state index is -0.974. The first-order chi connectivity index (χ1) is 14.0. The number of para-hydroxylation sites is 2. The third-order valence-electron chi connectivity index (χ3n) is 4.36. The molecule has 0 aliphatic carbocycles. The molecular weight excluding hydrogens is 372 g/mol. The van der Waals surface area contributed by atoms with Crippen LogP contribution in [0.25, 0.3) is 10.9 Å². The highest BCUT2D eigenvalue weighted by Gasteiger charge is 2.24. The molecule has 0 radical (unpaired) electrons. The zero-order valence-corrected chi connectivity index (χ0v) is 16.2. The van der Waals surface area contributed by atoms with Crippen LogP contribution in [0.2, 0.25) is 0 Å². The molecule has 3 rings (SSSR count). The summed E-state index contributed by atoms with van der Waals surface area (Å²) in [7, 11) is 0. The predicted molar refractivity (Wildman–Crippen MR) is 108 cm³/mol. The van der Waals surface area contributed by atoms with Crippen LogP contribution in [0.3, 0.4) is 0 Å². The van der Waals surface area contributed by atoms with Gasteiger partial charge in [0.1, 0.15) is 12.3 Å². The number of amides is 1. The number of hydrogen-bond acceptors (Lipinski definition) is 5. The Balaban J connectivity index is 1.50. The van der Waals surface area contributed by atoms with Gasteiger partial charge in [0, 0.05) is 22.2 Å². The second-order valence-electron chi connectivity index (χ2n) is 6.55. The molecule has 1 atom stereocenters. The average Bonchev–Trinajstić information content (AvgIpc) is 3.06. The Kier molecular flexibility index (Phi) is 6.29. The molecule has 150 valence electrons. The van der Waals surface area contributed by atoms with Gasteiger partial charge in [-0.15, -0.1) is 0 Å². The van der Waals surface area contributed by atoms with Crippen molar-refractivity contribution in [2.45, 2.75) is 20.0 Å². The number of carbonyl (C=O) groups excluding carboxylic acids is 3. The van der Waals surface area contributed by atoms with Crippen LogP contribution in [0.5, 0.6) is 5.75 Å². The molecule has 0 saturated carbocycles. The maximum absolute atomic E-state index is 12.8. The lowest BCUT2D eigenvalue weighted by Crippen LogP contribution is -2.36. The fourth-order valence-corrected chi connectivity index (χ4v) is 2.98. The summed E-state index contributed by atoms with van der Waals surface area (Å²) in [5, 5.41) is 3.20. The first kappa shape index (κ1) is 20.1. The van der Waals surface area contributed by atoms with E-state index in [1.807, 2.05) is 30.3 Å². The van der Waals surface area contributed by atoms with Gasteiger partial charge in [0.15, 0.2) is 12.7 Å². The predicted octanol–water partition coefficient (Wildman–Crippen LogP) is 2.79. The van der Waals surface area contributed by atoms with Crippen LogP contribution in [0, 0.1) is 6.92 Å². The van der Waals surface area contributed by atoms with Crippen molar-refractivity contribution in [2.75, 3.05) is 13.2 Å². The SMILES string of the molecule is Cc1[nH]c2ccccc2c1C(=O)C(C)OC(=O)CNC(=O)COc1ccccc1. The number of rotatable bonds is 8. The molecule has 0 spiro atoms. The molecular formula is C22H22N2O5. The molecule has 7 heteroatoms. The maximum atomic E-state index is 12.8. The molecule has 7 nitrogen and oxygen atoms in total. The molecule has 3 aromatic rings. The summed E-state index contributed by atoms with van der Waals surface area (Å²) in [6, 6.07) is 16.3. The minimum Gasteiger partial charge on any atom is -0.484 e. The number of aryl methyl sites for hydroxylation is 1. The first-order valence-electron chi connectivity index (χ1n) is 9.21. The number of hydrogen-bond donors (Lipinski definition) is 2. The van der Waals surface area contributed by atoms with Gasteiger partial charge < -0.3 is 19.8 Å². The van der Waals surface area contributed by atoms with Gasteiger partial charge in [0.05, 0.1) is 0 Å². The summed E-state index contributed by atoms with van der Waals surface area (Å²) in [5.74, 6) is -0.903. The van der Waals surface area contributed by atoms with Crippen molar-refractivity contribution in [3.63, 3.8) is 0 Å². The summed E-state index contributed by atoms with van der Waals surface area (Å²) >= 11 is 0. The average molecular weight is 394 g/mol. The molecule has 29 heavy (non-hydrogen) atoms. The quantitative estimate of drug-likeness (QED) is 0.452. The molecule has 1 amide bonds. The fourth-order valence-electron chi connectivity index (χ4n) is 2.98. The van der Waals surface area contributed by atoms with E-state index in [1.54, 1.807) is 31.2 Å². The fraction of sp³-hybridized carbons (Fsp3) is 0.227. The second kappa shape index (κ2) is 9.05. The van der Waals surface area contributed by atoms with Crippen molar-refractivity contribution in [1.29, 1.82) is 0 Å². The van der Waals surface area contributed by atoms with Gasteiger partial charge in [-0.05, 0) is 32.0 Å². The lowest BCUT2D eigenvalue weighted by atomic mass is 10.0. The zero-order valence-electron chi connectivity index (χ0n) is 16.2. The Labute approximate surface area is 168 Å². The number of ether oxygens (including phenoxy) is 2. The molecule has 1 unspecified atom stereocenters. The third-order valence-corrected chi connectivity index (χ3v) is 4.36. The van der Waals surface area contributed by atoms with Crippen LogP contribution in [0.4, 0.5) is 0 Å². The van der Waals surface area contributed by atoms with Crippen LogP contribution < -0.4 is 10.1 Å². The summed E-state index contributed by atoms with van der Waals surface area (Å²) in [6.45, 7) is 2.75. The number of aromatic amines is 1. The van der Waals surface area contributed by atoms with E-state index in [1.165, 1.54) is 6.92 Å². The van der Waals surface area contributed by atoms with Crippen molar-refractivity contribution < 1.29 is 23.9 Å². The standard InChI is InChI=1S/C22H22N2O5/c1-14-21(17-10-6-7-11-18(17)24-14)22(27)15(2)29-20(26)12-23-19(25)13-28-16-8-4-3-5-9-16/h3-11,15,24H,12-13H2,1-2H3,(H,23,25). The number of benzene rings is 2. The lowest BCUT2D eigenvalue weighted by Gasteiger charge is -2.13. The highest BCUT2D eigenvalue weighted by Crippen LogP contribution is 2.23. The van der Waals surface area contributed by atoms with E-state index in [-0.39, 0.29) is 18.9 Å². The van der Waals surface area contributed by atoms with E-state index in [2.05, 4.69) is 10.3 Å². The molecule has 0 bridgehead atoms. The lowest BCUT2D eigenvalue weighted by molar-refractivity contribution is -0.146. The van der Waals surface area contributed by atoms with Gasteiger partial charge >= 0.3 is 5.97 Å². The van der Waals surface area contributed by atoms with E-state index < -0.39 is 18.0 Å². The highest BCUT2D eigenvalue weighted by atomic mass is 16.5. The van der Waals surface area contributed by atoms with E-state index >= 15 is 0 Å². The van der Waals surface area contributed by atoms with E-state index in [4.69, 9.17) is 9.47 Å². The van der Waals surface area contributed by atoms with Crippen LogP contribution in [-0.2, 0) is 14.3 Å². The molecule has 0 fully saturated rings. The van der Waals surface area contributed by atoms with Crippen molar-refractivity contribution >= 4 is 28.6 Å². The van der Waals surface area contributed by atoms with E-state index in [0.29, 0.717) is 17.0 Å². The smallest absolute Gasteiger partial charge is 0.326 e. The largest absolute Gasteiger partial charge is 0.484 e. The van der Waals surface area contributed by atoms with Crippen molar-refractivity contribution in [3.05, 3.63) is 65.9 Å². The number of H-pyrrole nitrogens is 1. The van der Waals surface area contributed by atoms with Crippen molar-refractivity contribution in [3.8, 4) is 5.75 Å². The normalized spacial score (nSPS) is 11.7. The number of ketones is 1. The Morgan fingerprint density at radius 2 is 1.72 bits per heavy atom. The minimum absolute atomic E-state index is 0.222. The monoisotopic (exact) mass is 394 g/mol. The molecule has 1 heterocycles. The number of aromatic nitrogens is 1. The molecule has 0 aliphatic rings. The van der Waals surface area contributed by atoms with Crippen LogP contribution in [-0.4, -0.2) is 41.9 Å². The van der Waals surface area contributed by atoms with Crippen LogP contribution in [0.1, 0.15) is 23.0 Å². The number of nitrogens with one attached hydrogen (secondary N) is 2. The van der Waals surface area contributed by atoms with Gasteiger partial charge in [0.25, 0.3) is 5.91 Å². The number of carbonyl (C=O) groups is 3. The Morgan fingerprint density at radius 1 is 1.03 bits per heavy atom. The summed E-state index contributed by atoms with van der Waals surface area (Å²) in [4.78, 5) is 39.7. The van der Waals surface area contributed by atoms with Crippen molar-refractivity contribution in [1.82, 2.24) is 10.3 Å². The number of fused-ring (bicyclic) bond motifs is 1. The summed E-state index contributed by atoms with van der Waals surface area (Å²) in [5.41, 5.74) is 2.06. The van der Waals surface area contributed by atoms with Crippen LogP contribution in [0.15, 0.2) is 54.6 Å². The zero-order chi connectivity index (χ0) is 20.8. The molecule has 1 aromatic heterocycles. The molecule has 0 aliphatic heterocycles. The third kappa shape index (κ3) is 5.01. The summed E-state index contributed by atoms with van der Waals surface area (Å²) < 4.78 is 10.5. The number of esters is 1. The van der Waals surface area contributed by atoms with Gasteiger partial charge in [-0.3, -0.25) is 14.4 Å². The Morgan fingerprint density at radius 3 is 2.48 bits per heavy atom. The first-order valence-corrected chi connectivity index (χ1v) is 9.21. The van der Waals surface area contributed by atoms with Crippen LogP contribution >= 0.6 is 0 Å². The topological polar surface area (TPSA) is 97.5 Å². The Hall–Kier alpha value is -3.61. The maximum Gasteiger partial charge on any atom is 0.326 e. The van der Waals surface area contributed by atoms with Crippen molar-refractivity contribution in [2.24, 2.45) is 0 Å². The summed E-state index contributed by atoms with van der Waals surface area (Å²) in [6.07, 6.45) is -0.974. The Bertz CT molecular complexity index is 1030. The van der Waals surface area contributed by atoms with Gasteiger partial charge in [0.2, 0.25) is 5.78 Å². The van der Waals surface area contributed by atoms with E-state index in [9.17, 15) is 14.4 Å². The van der Waals surface area contributed by atoms with Gasteiger partial charge in [-0.2, -0.15) is 0 Å². The highest BCUT2D eigenvalue weighted by molar-refractivity contribution is 6.11. The van der Waals surface area contributed by atoms with E-state index in [0.717, 1.165) is 10.9 Å². The van der Waals surface area contributed by atoms with Gasteiger partial charge in [-0.1, -0.05) is 36.4 Å². The molecule has 0 saturated heterocycles. The van der Waals surface area contributed by atoms with Gasteiger partial charge in [-0.25, -0.2) is 0 Å². The second-order valence-corrected chi connectivity index (χ2v) is 6.55.